The van der Waals surface area contributed by atoms with Crippen LogP contribution in [0.1, 0.15) is 23.6 Å². The highest BCUT2D eigenvalue weighted by molar-refractivity contribution is 7.10. The Kier molecular flexibility index (Phi) is 3.96. The fraction of sp³-hybridized carbons (Fsp3) is 0.583. The average Bonchev–Trinajstić information content (AvgIpc) is 2.83. The smallest absolute Gasteiger partial charge is 0.248 e. The van der Waals surface area contributed by atoms with Crippen molar-refractivity contribution in [3.8, 4) is 0 Å². The number of hydrogen-bond acceptors (Lipinski definition) is 3. The maximum absolute atomic E-state index is 11.6. The van der Waals surface area contributed by atoms with Crippen molar-refractivity contribution in [2.24, 2.45) is 0 Å². The number of hydrogen-bond donors (Lipinski definition) is 0. The van der Waals surface area contributed by atoms with E-state index >= 15 is 0 Å². The van der Waals surface area contributed by atoms with Gasteiger partial charge in [0.1, 0.15) is 6.61 Å². The molecule has 2 heterocycles. The normalized spacial score (nSPS) is 17.7. The molecule has 1 aliphatic rings. The Balaban J connectivity index is 1.85. The predicted molar refractivity (Wildman–Crippen MR) is 64.8 cm³/mol. The van der Waals surface area contributed by atoms with Crippen LogP contribution in [0.3, 0.4) is 0 Å². The van der Waals surface area contributed by atoms with Crippen molar-refractivity contribution >= 4 is 17.2 Å². The van der Waals surface area contributed by atoms with E-state index in [0.29, 0.717) is 5.92 Å². The number of amides is 1. The number of methoxy groups -OCH3 is 1. The Morgan fingerprint density at radius 3 is 2.88 bits per heavy atom. The van der Waals surface area contributed by atoms with Crippen molar-refractivity contribution in [3.63, 3.8) is 0 Å². The van der Waals surface area contributed by atoms with E-state index in [1.165, 1.54) is 4.88 Å². The molecule has 0 N–H and O–H groups in total. The third kappa shape index (κ3) is 2.62. The molecule has 3 nitrogen and oxygen atoms in total. The van der Waals surface area contributed by atoms with Gasteiger partial charge in [-0.25, -0.2) is 0 Å². The summed E-state index contributed by atoms with van der Waals surface area (Å²) < 4.78 is 4.87. The lowest BCUT2D eigenvalue weighted by molar-refractivity contribution is -0.136. The lowest BCUT2D eigenvalue weighted by Crippen LogP contribution is -2.39. The van der Waals surface area contributed by atoms with Gasteiger partial charge in [-0.3, -0.25) is 4.79 Å². The van der Waals surface area contributed by atoms with Crippen LogP contribution < -0.4 is 0 Å². The summed E-state index contributed by atoms with van der Waals surface area (Å²) in [7, 11) is 1.57. The molecule has 1 aliphatic heterocycles. The zero-order valence-corrected chi connectivity index (χ0v) is 10.3. The topological polar surface area (TPSA) is 29.5 Å². The van der Waals surface area contributed by atoms with Crippen LogP contribution in [0.2, 0.25) is 0 Å². The molecule has 0 aromatic carbocycles. The van der Waals surface area contributed by atoms with Crippen LogP contribution in [0, 0.1) is 0 Å². The third-order valence-corrected chi connectivity index (χ3v) is 4.10. The van der Waals surface area contributed by atoms with Crippen molar-refractivity contribution < 1.29 is 9.53 Å². The van der Waals surface area contributed by atoms with E-state index in [9.17, 15) is 4.79 Å². The Morgan fingerprint density at radius 1 is 1.56 bits per heavy atom. The predicted octanol–water partition coefficient (Wildman–Crippen LogP) is 2.10. The molecule has 0 radical (unpaired) electrons. The summed E-state index contributed by atoms with van der Waals surface area (Å²) in [6, 6.07) is 4.30. The van der Waals surface area contributed by atoms with Gasteiger partial charge in [0.15, 0.2) is 0 Å². The fourth-order valence-corrected chi connectivity index (χ4v) is 3.05. The van der Waals surface area contributed by atoms with Gasteiger partial charge >= 0.3 is 0 Å². The molecule has 1 saturated heterocycles. The van der Waals surface area contributed by atoms with Crippen molar-refractivity contribution in [3.05, 3.63) is 22.4 Å². The summed E-state index contributed by atoms with van der Waals surface area (Å²) in [5.74, 6) is 0.763. The van der Waals surface area contributed by atoms with Crippen LogP contribution in [-0.4, -0.2) is 37.6 Å². The van der Waals surface area contributed by atoms with Crippen molar-refractivity contribution in [1.29, 1.82) is 0 Å². The van der Waals surface area contributed by atoms with E-state index in [1.807, 2.05) is 16.2 Å². The van der Waals surface area contributed by atoms with Crippen LogP contribution in [0.25, 0.3) is 0 Å². The van der Waals surface area contributed by atoms with Gasteiger partial charge < -0.3 is 9.64 Å². The molecule has 0 spiro atoms. The van der Waals surface area contributed by atoms with E-state index < -0.39 is 0 Å². The molecule has 4 heteroatoms. The lowest BCUT2D eigenvalue weighted by atomic mass is 9.95. The maximum Gasteiger partial charge on any atom is 0.248 e. The first kappa shape index (κ1) is 11.6. The molecule has 0 atom stereocenters. The second-order valence-corrected chi connectivity index (χ2v) is 5.08. The summed E-state index contributed by atoms with van der Waals surface area (Å²) in [5.41, 5.74) is 0. The van der Waals surface area contributed by atoms with Gasteiger partial charge in [-0.2, -0.15) is 0 Å². The number of rotatable bonds is 3. The Morgan fingerprint density at radius 2 is 2.31 bits per heavy atom. The van der Waals surface area contributed by atoms with Gasteiger partial charge in [0, 0.05) is 25.1 Å². The minimum Gasteiger partial charge on any atom is -0.375 e. The van der Waals surface area contributed by atoms with Gasteiger partial charge in [-0.15, -0.1) is 11.3 Å². The molecule has 0 aliphatic carbocycles. The number of piperidine rings is 1. The second kappa shape index (κ2) is 5.46. The minimum absolute atomic E-state index is 0.118. The lowest BCUT2D eigenvalue weighted by Gasteiger charge is -2.31. The summed E-state index contributed by atoms with van der Waals surface area (Å²) in [6.45, 7) is 1.94. The first-order valence-corrected chi connectivity index (χ1v) is 6.49. The first-order chi connectivity index (χ1) is 7.81. The number of likely N-dealkylation sites (tertiary alicyclic amines) is 1. The van der Waals surface area contributed by atoms with Crippen LogP contribution in [0.15, 0.2) is 17.5 Å². The van der Waals surface area contributed by atoms with Crippen molar-refractivity contribution in [2.45, 2.75) is 18.8 Å². The zero-order valence-electron chi connectivity index (χ0n) is 9.52. The molecule has 0 bridgehead atoms. The summed E-state index contributed by atoms with van der Waals surface area (Å²) in [6.07, 6.45) is 2.16. The van der Waals surface area contributed by atoms with E-state index in [2.05, 4.69) is 17.5 Å². The third-order valence-electron chi connectivity index (χ3n) is 3.06. The number of thiophene rings is 1. The molecule has 0 unspecified atom stereocenters. The Hall–Kier alpha value is -0.870. The second-order valence-electron chi connectivity index (χ2n) is 4.10. The number of ether oxygens (including phenoxy) is 1. The molecule has 1 aromatic rings. The largest absolute Gasteiger partial charge is 0.375 e. The highest BCUT2D eigenvalue weighted by Crippen LogP contribution is 2.30. The number of carbonyl (C=O) groups is 1. The number of carbonyl (C=O) groups excluding carboxylic acids is 1. The van der Waals surface area contributed by atoms with Crippen LogP contribution in [0.4, 0.5) is 0 Å². The first-order valence-electron chi connectivity index (χ1n) is 5.61. The standard InChI is InChI=1S/C12H17NO2S/c1-15-9-12(14)13-6-4-10(5-7-13)11-3-2-8-16-11/h2-3,8,10H,4-7,9H2,1H3. The molecule has 1 aromatic heterocycles. The van der Waals surface area contributed by atoms with E-state index in [1.54, 1.807) is 7.11 Å². The van der Waals surface area contributed by atoms with Gasteiger partial charge in [-0.05, 0) is 30.2 Å². The molecule has 16 heavy (non-hydrogen) atoms. The quantitative estimate of drug-likeness (QED) is 0.808. The molecular weight excluding hydrogens is 222 g/mol. The summed E-state index contributed by atoms with van der Waals surface area (Å²) >= 11 is 1.82. The summed E-state index contributed by atoms with van der Waals surface area (Å²) in [5, 5.41) is 2.12. The Labute approximate surface area is 100 Å². The monoisotopic (exact) mass is 239 g/mol. The van der Waals surface area contributed by atoms with E-state index in [4.69, 9.17) is 4.74 Å². The van der Waals surface area contributed by atoms with Gasteiger partial charge in [0.25, 0.3) is 0 Å². The van der Waals surface area contributed by atoms with Gasteiger partial charge in [0.2, 0.25) is 5.91 Å². The van der Waals surface area contributed by atoms with Gasteiger partial charge in [0.05, 0.1) is 0 Å². The van der Waals surface area contributed by atoms with Crippen molar-refractivity contribution in [1.82, 2.24) is 4.90 Å². The molecule has 0 saturated carbocycles. The molecular formula is C12H17NO2S. The number of nitrogens with zero attached hydrogens (tertiary/aromatic N) is 1. The molecule has 88 valence electrons. The SMILES string of the molecule is COCC(=O)N1CCC(c2cccs2)CC1. The zero-order chi connectivity index (χ0) is 11.4. The Bertz CT molecular complexity index is 329. The van der Waals surface area contributed by atoms with Crippen molar-refractivity contribution in [2.75, 3.05) is 26.8 Å². The molecule has 2 rings (SSSR count). The van der Waals surface area contributed by atoms with Gasteiger partial charge in [-0.1, -0.05) is 6.07 Å². The van der Waals surface area contributed by atoms with Crippen LogP contribution in [0.5, 0.6) is 0 Å². The highest BCUT2D eigenvalue weighted by atomic mass is 32.1. The molecule has 1 fully saturated rings. The average molecular weight is 239 g/mol. The summed E-state index contributed by atoms with van der Waals surface area (Å²) in [4.78, 5) is 15.0. The van der Waals surface area contributed by atoms with Crippen LogP contribution >= 0.6 is 11.3 Å². The van der Waals surface area contributed by atoms with Crippen LogP contribution in [-0.2, 0) is 9.53 Å². The fourth-order valence-electron chi connectivity index (χ4n) is 2.15. The maximum atomic E-state index is 11.6. The van der Waals surface area contributed by atoms with E-state index in [0.717, 1.165) is 25.9 Å². The highest BCUT2D eigenvalue weighted by Gasteiger charge is 2.23. The molecule has 1 amide bonds. The minimum atomic E-state index is 0.118. The van der Waals surface area contributed by atoms with E-state index in [-0.39, 0.29) is 12.5 Å².